The summed E-state index contributed by atoms with van der Waals surface area (Å²) < 4.78 is 0. The number of nitrogens with zero attached hydrogens (tertiary/aromatic N) is 3. The number of nitrogens with one attached hydrogen (secondary N) is 1. The van der Waals surface area contributed by atoms with Crippen molar-refractivity contribution >= 4 is 0 Å². The Kier molecular flexibility index (Phi) is 7.82. The quantitative estimate of drug-likeness (QED) is 0.635. The third-order valence-electron chi connectivity index (χ3n) is 3.67. The van der Waals surface area contributed by atoms with E-state index in [1.165, 1.54) is 39.0 Å². The van der Waals surface area contributed by atoms with Crippen LogP contribution in [0, 0.1) is 5.92 Å². The van der Waals surface area contributed by atoms with Crippen molar-refractivity contribution in [1.82, 2.24) is 20.0 Å². The van der Waals surface area contributed by atoms with Gasteiger partial charge in [0.05, 0.1) is 0 Å². The molecule has 1 aliphatic heterocycles. The number of hydrogen-bond donors (Lipinski definition) is 1. The molecule has 0 aromatic heterocycles. The fraction of sp³-hybridized carbons (Fsp3) is 1.00. The average Bonchev–Trinajstić information content (AvgIpc) is 2.30. The van der Waals surface area contributed by atoms with Crippen molar-refractivity contribution in [2.24, 2.45) is 5.92 Å². The molecule has 0 saturated carbocycles. The normalized spacial score (nSPS) is 19.0. The highest BCUT2D eigenvalue weighted by Crippen LogP contribution is 2.17. The van der Waals surface area contributed by atoms with Crippen molar-refractivity contribution < 1.29 is 0 Å². The van der Waals surface area contributed by atoms with Crippen molar-refractivity contribution in [3.8, 4) is 0 Å². The molecule has 0 aromatic rings. The third-order valence-corrected chi connectivity index (χ3v) is 3.67. The highest BCUT2D eigenvalue weighted by Gasteiger charge is 2.18. The minimum Gasteiger partial charge on any atom is -0.314 e. The van der Waals surface area contributed by atoms with Crippen LogP contribution in [0.5, 0.6) is 0 Å². The first-order valence-electron chi connectivity index (χ1n) is 7.30. The summed E-state index contributed by atoms with van der Waals surface area (Å²) in [5.74, 6) is 0.915. The summed E-state index contributed by atoms with van der Waals surface area (Å²) in [5.41, 5.74) is 0. The maximum absolute atomic E-state index is 3.52. The lowest BCUT2D eigenvalue weighted by Crippen LogP contribution is -2.41. The summed E-state index contributed by atoms with van der Waals surface area (Å²) in [4.78, 5) is 7.15. The summed E-state index contributed by atoms with van der Waals surface area (Å²) in [6.45, 7) is 8.40. The van der Waals surface area contributed by atoms with Gasteiger partial charge in [-0.15, -0.1) is 0 Å². The zero-order valence-corrected chi connectivity index (χ0v) is 12.8. The van der Waals surface area contributed by atoms with Crippen LogP contribution in [0.2, 0.25) is 0 Å². The van der Waals surface area contributed by atoms with Gasteiger partial charge in [0.15, 0.2) is 0 Å². The van der Waals surface area contributed by atoms with Crippen LogP contribution in [0.3, 0.4) is 0 Å². The zero-order valence-electron chi connectivity index (χ0n) is 12.8. The highest BCUT2D eigenvalue weighted by molar-refractivity contribution is 4.74. The Morgan fingerprint density at radius 2 is 1.67 bits per heavy atom. The maximum atomic E-state index is 3.52. The molecule has 0 spiro atoms. The van der Waals surface area contributed by atoms with Gasteiger partial charge >= 0.3 is 0 Å². The summed E-state index contributed by atoms with van der Waals surface area (Å²) in [5, 5.41) is 3.52. The predicted molar refractivity (Wildman–Crippen MR) is 79.1 cm³/mol. The molecule has 4 heteroatoms. The fourth-order valence-electron chi connectivity index (χ4n) is 2.57. The van der Waals surface area contributed by atoms with E-state index in [-0.39, 0.29) is 0 Å². The van der Waals surface area contributed by atoms with Crippen LogP contribution in [-0.4, -0.2) is 88.7 Å². The smallest absolute Gasteiger partial charge is 0.0107 e. The van der Waals surface area contributed by atoms with Crippen molar-refractivity contribution in [3.63, 3.8) is 0 Å². The van der Waals surface area contributed by atoms with E-state index in [2.05, 4.69) is 48.2 Å². The number of likely N-dealkylation sites (tertiary alicyclic amines) is 1. The van der Waals surface area contributed by atoms with Crippen molar-refractivity contribution in [1.29, 1.82) is 0 Å². The Hall–Kier alpha value is -0.160. The van der Waals surface area contributed by atoms with Crippen molar-refractivity contribution in [2.75, 3.05) is 74.0 Å². The van der Waals surface area contributed by atoms with E-state index in [1.54, 1.807) is 0 Å². The molecular weight excluding hydrogens is 224 g/mol. The molecule has 0 unspecified atom stereocenters. The highest BCUT2D eigenvalue weighted by atomic mass is 15.2. The Morgan fingerprint density at radius 3 is 2.22 bits per heavy atom. The largest absolute Gasteiger partial charge is 0.314 e. The summed E-state index contributed by atoms with van der Waals surface area (Å²) >= 11 is 0. The molecule has 0 atom stereocenters. The van der Waals surface area contributed by atoms with Crippen LogP contribution < -0.4 is 5.32 Å². The lowest BCUT2D eigenvalue weighted by Gasteiger charge is -2.33. The van der Waals surface area contributed by atoms with Crippen LogP contribution in [0.15, 0.2) is 0 Å². The van der Waals surface area contributed by atoms with Crippen LogP contribution in [0.25, 0.3) is 0 Å². The Labute approximate surface area is 113 Å². The molecule has 1 heterocycles. The third kappa shape index (κ3) is 7.31. The summed E-state index contributed by atoms with van der Waals surface area (Å²) in [6, 6.07) is 0. The van der Waals surface area contributed by atoms with Gasteiger partial charge in [0, 0.05) is 32.7 Å². The van der Waals surface area contributed by atoms with E-state index >= 15 is 0 Å². The van der Waals surface area contributed by atoms with Crippen molar-refractivity contribution in [3.05, 3.63) is 0 Å². The molecule has 0 aromatic carbocycles. The van der Waals surface area contributed by atoms with Gasteiger partial charge in [0.2, 0.25) is 0 Å². The zero-order chi connectivity index (χ0) is 13.4. The number of rotatable bonds is 8. The number of piperidine rings is 1. The SMILES string of the molecule is CN(C)CCNCCN1CCC(CN(C)C)CC1. The minimum absolute atomic E-state index is 0.915. The van der Waals surface area contributed by atoms with Gasteiger partial charge in [-0.2, -0.15) is 0 Å². The first-order chi connectivity index (χ1) is 8.58. The first kappa shape index (κ1) is 15.9. The van der Waals surface area contributed by atoms with Gasteiger partial charge in [-0.25, -0.2) is 0 Å². The standard InChI is InChI=1S/C14H32N4/c1-16(2)11-7-15-8-12-18-9-5-14(6-10-18)13-17(3)4/h14-15H,5-13H2,1-4H3. The molecule has 18 heavy (non-hydrogen) atoms. The summed E-state index contributed by atoms with van der Waals surface area (Å²) in [6.07, 6.45) is 2.74. The Bertz CT molecular complexity index is 198. The van der Waals surface area contributed by atoms with Crippen LogP contribution in [0.4, 0.5) is 0 Å². The maximum Gasteiger partial charge on any atom is 0.0107 e. The molecule has 1 N–H and O–H groups in total. The molecule has 0 aliphatic carbocycles. The van der Waals surface area contributed by atoms with Gasteiger partial charge < -0.3 is 20.0 Å². The molecule has 1 saturated heterocycles. The van der Waals surface area contributed by atoms with Crippen LogP contribution in [0.1, 0.15) is 12.8 Å². The van der Waals surface area contributed by atoms with E-state index < -0.39 is 0 Å². The molecular formula is C14H32N4. The topological polar surface area (TPSA) is 21.8 Å². The first-order valence-corrected chi connectivity index (χ1v) is 7.30. The van der Waals surface area contributed by atoms with Gasteiger partial charge in [0.1, 0.15) is 0 Å². The van der Waals surface area contributed by atoms with E-state index in [1.807, 2.05) is 0 Å². The molecule has 1 fully saturated rings. The van der Waals surface area contributed by atoms with E-state index in [4.69, 9.17) is 0 Å². The second-order valence-corrected chi connectivity index (χ2v) is 6.10. The van der Waals surface area contributed by atoms with E-state index in [0.717, 1.165) is 25.6 Å². The lowest BCUT2D eigenvalue weighted by atomic mass is 9.96. The Morgan fingerprint density at radius 1 is 1.00 bits per heavy atom. The molecule has 1 aliphatic rings. The molecule has 108 valence electrons. The van der Waals surface area contributed by atoms with Gasteiger partial charge in [0.25, 0.3) is 0 Å². The number of likely N-dealkylation sites (N-methyl/N-ethyl adjacent to an activating group) is 1. The van der Waals surface area contributed by atoms with Crippen LogP contribution >= 0.6 is 0 Å². The summed E-state index contributed by atoms with van der Waals surface area (Å²) in [7, 11) is 8.61. The molecule has 0 bridgehead atoms. The molecule has 1 rings (SSSR count). The monoisotopic (exact) mass is 256 g/mol. The van der Waals surface area contributed by atoms with E-state index in [9.17, 15) is 0 Å². The average molecular weight is 256 g/mol. The second-order valence-electron chi connectivity index (χ2n) is 6.10. The number of hydrogen-bond acceptors (Lipinski definition) is 4. The minimum atomic E-state index is 0.915. The van der Waals surface area contributed by atoms with Crippen molar-refractivity contribution in [2.45, 2.75) is 12.8 Å². The van der Waals surface area contributed by atoms with Gasteiger partial charge in [-0.3, -0.25) is 0 Å². The van der Waals surface area contributed by atoms with Gasteiger partial charge in [-0.1, -0.05) is 0 Å². The fourth-order valence-corrected chi connectivity index (χ4v) is 2.57. The van der Waals surface area contributed by atoms with E-state index in [0.29, 0.717) is 0 Å². The van der Waals surface area contributed by atoms with Gasteiger partial charge in [-0.05, 0) is 60.0 Å². The molecule has 0 amide bonds. The van der Waals surface area contributed by atoms with Crippen LogP contribution in [-0.2, 0) is 0 Å². The molecule has 0 radical (unpaired) electrons. The lowest BCUT2D eigenvalue weighted by molar-refractivity contribution is 0.163. The Balaban J connectivity index is 1.98. The predicted octanol–water partition coefficient (Wildman–Crippen LogP) is 0.411. The molecule has 4 nitrogen and oxygen atoms in total. The second kappa shape index (κ2) is 8.86.